The molecule has 7 heteroatoms. The number of nitrogens with one attached hydrogen (secondary N) is 1. The standard InChI is InChI=1S/C13H25N3O3S/c1-13(2,3)14-10-11-15-16-12(20-11)19-9-8-18-7-5-6-17-4/h14H,5-10H2,1-4H3. The summed E-state index contributed by atoms with van der Waals surface area (Å²) in [5, 5.41) is 13.0. The van der Waals surface area contributed by atoms with Gasteiger partial charge in [0, 0.05) is 25.9 Å². The van der Waals surface area contributed by atoms with Gasteiger partial charge in [0.25, 0.3) is 5.19 Å². The molecule has 20 heavy (non-hydrogen) atoms. The fraction of sp³-hybridized carbons (Fsp3) is 0.846. The van der Waals surface area contributed by atoms with E-state index < -0.39 is 0 Å². The summed E-state index contributed by atoms with van der Waals surface area (Å²) in [6.07, 6.45) is 0.901. The maximum absolute atomic E-state index is 5.49. The zero-order valence-corrected chi connectivity index (χ0v) is 13.6. The van der Waals surface area contributed by atoms with Crippen LogP contribution in [-0.2, 0) is 16.0 Å². The minimum Gasteiger partial charge on any atom is -0.466 e. The van der Waals surface area contributed by atoms with Gasteiger partial charge in [-0.1, -0.05) is 11.3 Å². The molecule has 0 atom stereocenters. The first-order valence-electron chi connectivity index (χ1n) is 6.78. The molecule has 0 aliphatic heterocycles. The van der Waals surface area contributed by atoms with Crippen LogP contribution in [0.1, 0.15) is 32.2 Å². The highest BCUT2D eigenvalue weighted by Crippen LogP contribution is 2.18. The van der Waals surface area contributed by atoms with E-state index in [1.54, 1.807) is 7.11 Å². The molecule has 0 aliphatic carbocycles. The first-order valence-corrected chi connectivity index (χ1v) is 7.60. The van der Waals surface area contributed by atoms with Crippen molar-refractivity contribution in [1.82, 2.24) is 15.5 Å². The van der Waals surface area contributed by atoms with Crippen LogP contribution in [0.2, 0.25) is 0 Å². The van der Waals surface area contributed by atoms with Crippen molar-refractivity contribution >= 4 is 11.3 Å². The van der Waals surface area contributed by atoms with E-state index in [-0.39, 0.29) is 5.54 Å². The molecule has 1 aromatic heterocycles. The molecule has 0 saturated heterocycles. The summed E-state index contributed by atoms with van der Waals surface area (Å²) in [5.41, 5.74) is 0.0722. The molecule has 0 amide bonds. The molecule has 6 nitrogen and oxygen atoms in total. The Morgan fingerprint density at radius 3 is 2.60 bits per heavy atom. The lowest BCUT2D eigenvalue weighted by atomic mass is 10.1. The van der Waals surface area contributed by atoms with E-state index in [9.17, 15) is 0 Å². The number of nitrogens with zero attached hydrogens (tertiary/aromatic N) is 2. The van der Waals surface area contributed by atoms with Crippen molar-refractivity contribution in [2.75, 3.05) is 33.5 Å². The first-order chi connectivity index (χ1) is 9.51. The number of hydrogen-bond acceptors (Lipinski definition) is 7. The normalized spacial score (nSPS) is 11.8. The van der Waals surface area contributed by atoms with E-state index in [2.05, 4.69) is 36.3 Å². The first kappa shape index (κ1) is 17.3. The Morgan fingerprint density at radius 1 is 1.10 bits per heavy atom. The van der Waals surface area contributed by atoms with E-state index >= 15 is 0 Å². The Labute approximate surface area is 124 Å². The Hall–Kier alpha value is -0.760. The van der Waals surface area contributed by atoms with Crippen LogP contribution < -0.4 is 10.1 Å². The van der Waals surface area contributed by atoms with Gasteiger partial charge in [0.05, 0.1) is 13.2 Å². The lowest BCUT2D eigenvalue weighted by Crippen LogP contribution is -2.35. The SMILES string of the molecule is COCCCOCCOc1nnc(CNC(C)(C)C)s1. The minimum atomic E-state index is 0.0722. The Bertz CT molecular complexity index is 366. The molecular formula is C13H25N3O3S. The summed E-state index contributed by atoms with van der Waals surface area (Å²) in [7, 11) is 1.69. The van der Waals surface area contributed by atoms with Crippen LogP contribution in [0.4, 0.5) is 0 Å². The fourth-order valence-electron chi connectivity index (χ4n) is 1.30. The zero-order chi connectivity index (χ0) is 14.8. The molecule has 0 fully saturated rings. The molecule has 1 heterocycles. The lowest BCUT2D eigenvalue weighted by molar-refractivity contribution is 0.0804. The molecule has 1 N–H and O–H groups in total. The Balaban J connectivity index is 2.11. The second-order valence-corrected chi connectivity index (χ2v) is 6.40. The summed E-state index contributed by atoms with van der Waals surface area (Å²) in [4.78, 5) is 0. The molecular weight excluding hydrogens is 278 g/mol. The number of aromatic nitrogens is 2. The van der Waals surface area contributed by atoms with Crippen LogP contribution in [0.15, 0.2) is 0 Å². The predicted octanol–water partition coefficient (Wildman–Crippen LogP) is 1.86. The van der Waals surface area contributed by atoms with Crippen molar-refractivity contribution in [1.29, 1.82) is 0 Å². The quantitative estimate of drug-likeness (QED) is 0.666. The molecule has 1 rings (SSSR count). The van der Waals surface area contributed by atoms with Crippen LogP contribution in [0.5, 0.6) is 5.19 Å². The van der Waals surface area contributed by atoms with Crippen molar-refractivity contribution in [3.05, 3.63) is 5.01 Å². The van der Waals surface area contributed by atoms with Gasteiger partial charge in [0.1, 0.15) is 11.6 Å². The van der Waals surface area contributed by atoms with E-state index in [0.717, 1.165) is 18.0 Å². The number of rotatable bonds is 10. The van der Waals surface area contributed by atoms with Gasteiger partial charge in [0.15, 0.2) is 0 Å². The van der Waals surface area contributed by atoms with Crippen molar-refractivity contribution < 1.29 is 14.2 Å². The van der Waals surface area contributed by atoms with Crippen LogP contribution >= 0.6 is 11.3 Å². The van der Waals surface area contributed by atoms with E-state index in [1.807, 2.05) is 0 Å². The van der Waals surface area contributed by atoms with Gasteiger partial charge in [-0.3, -0.25) is 0 Å². The summed E-state index contributed by atoms with van der Waals surface area (Å²) >= 11 is 1.46. The Kier molecular flexibility index (Phi) is 7.98. The van der Waals surface area contributed by atoms with Gasteiger partial charge in [-0.2, -0.15) is 0 Å². The maximum atomic E-state index is 5.49. The maximum Gasteiger partial charge on any atom is 0.294 e. The molecule has 0 bridgehead atoms. The zero-order valence-electron chi connectivity index (χ0n) is 12.8. The monoisotopic (exact) mass is 303 g/mol. The number of methoxy groups -OCH3 is 1. The summed E-state index contributed by atoms with van der Waals surface area (Å²) < 4.78 is 15.8. The van der Waals surface area contributed by atoms with E-state index in [0.29, 0.717) is 31.6 Å². The van der Waals surface area contributed by atoms with Crippen molar-refractivity contribution in [2.45, 2.75) is 39.3 Å². The summed E-state index contributed by atoms with van der Waals surface area (Å²) in [6, 6.07) is 0. The average molecular weight is 303 g/mol. The molecule has 0 saturated carbocycles. The summed E-state index contributed by atoms with van der Waals surface area (Å²) in [5.74, 6) is 0. The topological polar surface area (TPSA) is 65.5 Å². The molecule has 0 aliphatic rings. The number of hydrogen-bond donors (Lipinski definition) is 1. The van der Waals surface area contributed by atoms with Gasteiger partial charge in [-0.15, -0.1) is 10.2 Å². The van der Waals surface area contributed by atoms with Crippen LogP contribution in [0.3, 0.4) is 0 Å². The predicted molar refractivity (Wildman–Crippen MR) is 79.3 cm³/mol. The third-order valence-electron chi connectivity index (χ3n) is 2.31. The summed E-state index contributed by atoms with van der Waals surface area (Å²) in [6.45, 7) is 9.52. The smallest absolute Gasteiger partial charge is 0.294 e. The van der Waals surface area contributed by atoms with Gasteiger partial charge in [-0.05, 0) is 27.2 Å². The van der Waals surface area contributed by atoms with Crippen molar-refractivity contribution in [3.8, 4) is 5.19 Å². The van der Waals surface area contributed by atoms with E-state index in [4.69, 9.17) is 14.2 Å². The molecule has 0 radical (unpaired) electrons. The lowest BCUT2D eigenvalue weighted by Gasteiger charge is -2.19. The van der Waals surface area contributed by atoms with Crippen molar-refractivity contribution in [2.24, 2.45) is 0 Å². The van der Waals surface area contributed by atoms with Gasteiger partial charge in [0.2, 0.25) is 0 Å². The molecule has 0 aromatic carbocycles. The van der Waals surface area contributed by atoms with Crippen LogP contribution in [0, 0.1) is 0 Å². The fourth-order valence-corrected chi connectivity index (χ4v) is 1.96. The average Bonchev–Trinajstić information content (AvgIpc) is 2.82. The molecule has 0 spiro atoms. The van der Waals surface area contributed by atoms with E-state index in [1.165, 1.54) is 11.3 Å². The van der Waals surface area contributed by atoms with Crippen LogP contribution in [-0.4, -0.2) is 49.3 Å². The van der Waals surface area contributed by atoms with Crippen LogP contribution in [0.25, 0.3) is 0 Å². The molecule has 1 aromatic rings. The highest BCUT2D eigenvalue weighted by Gasteiger charge is 2.11. The third-order valence-corrected chi connectivity index (χ3v) is 3.14. The Morgan fingerprint density at radius 2 is 1.90 bits per heavy atom. The van der Waals surface area contributed by atoms with Gasteiger partial charge in [-0.25, -0.2) is 0 Å². The second-order valence-electron chi connectivity index (χ2n) is 5.37. The number of ether oxygens (including phenoxy) is 3. The van der Waals surface area contributed by atoms with Crippen molar-refractivity contribution in [3.63, 3.8) is 0 Å². The largest absolute Gasteiger partial charge is 0.466 e. The second kappa shape index (κ2) is 9.23. The van der Waals surface area contributed by atoms with Gasteiger partial charge >= 0.3 is 0 Å². The third kappa shape index (κ3) is 8.42. The minimum absolute atomic E-state index is 0.0722. The highest BCUT2D eigenvalue weighted by molar-refractivity contribution is 7.13. The highest BCUT2D eigenvalue weighted by atomic mass is 32.1. The van der Waals surface area contributed by atoms with Gasteiger partial charge < -0.3 is 19.5 Å². The molecule has 116 valence electrons. The molecule has 0 unspecified atom stereocenters.